The third-order valence-corrected chi connectivity index (χ3v) is 3.24. The number of ketones is 1. The minimum atomic E-state index is 0.284. The maximum Gasteiger partial charge on any atom is 0.136 e. The molecule has 0 saturated carbocycles. The molecule has 3 atom stereocenters. The van der Waals surface area contributed by atoms with Crippen molar-refractivity contribution >= 4 is 5.78 Å². The summed E-state index contributed by atoms with van der Waals surface area (Å²) in [7, 11) is 3.84. The molecule has 0 amide bonds. The Kier molecular flexibility index (Phi) is 1.93. The molecule has 2 aliphatic heterocycles. The fourth-order valence-electron chi connectivity index (χ4n) is 2.46. The van der Waals surface area contributed by atoms with Gasteiger partial charge in [0.2, 0.25) is 0 Å². The van der Waals surface area contributed by atoms with E-state index in [4.69, 9.17) is 4.74 Å². The van der Waals surface area contributed by atoms with Crippen molar-refractivity contribution in [2.45, 2.75) is 37.5 Å². The van der Waals surface area contributed by atoms with E-state index in [2.05, 4.69) is 11.9 Å². The second-order valence-electron chi connectivity index (χ2n) is 3.84. The predicted molar refractivity (Wildman–Crippen MR) is 45.0 cm³/mol. The van der Waals surface area contributed by atoms with Crippen LogP contribution in [0.2, 0.25) is 0 Å². The van der Waals surface area contributed by atoms with Gasteiger partial charge in [-0.3, -0.25) is 9.69 Å². The molecule has 12 heavy (non-hydrogen) atoms. The monoisotopic (exact) mass is 169 g/mol. The number of methoxy groups -OCH3 is 1. The zero-order chi connectivity index (χ0) is 8.72. The molecule has 2 bridgehead atoms. The molecule has 3 heteroatoms. The summed E-state index contributed by atoms with van der Waals surface area (Å²) in [5.74, 6) is 0.405. The second kappa shape index (κ2) is 2.82. The molecule has 68 valence electrons. The molecule has 0 aromatic rings. The van der Waals surface area contributed by atoms with Gasteiger partial charge in [-0.2, -0.15) is 0 Å². The van der Waals surface area contributed by atoms with Gasteiger partial charge >= 0.3 is 0 Å². The first-order chi connectivity index (χ1) is 5.72. The van der Waals surface area contributed by atoms with Crippen LogP contribution in [0.3, 0.4) is 0 Å². The zero-order valence-corrected chi connectivity index (χ0v) is 7.62. The summed E-state index contributed by atoms with van der Waals surface area (Å²) in [4.78, 5) is 13.5. The zero-order valence-electron chi connectivity index (χ0n) is 7.62. The van der Waals surface area contributed by atoms with Crippen LogP contribution < -0.4 is 0 Å². The lowest BCUT2D eigenvalue weighted by Gasteiger charge is -2.30. The lowest BCUT2D eigenvalue weighted by Crippen LogP contribution is -2.42. The third kappa shape index (κ3) is 1.08. The molecule has 2 heterocycles. The topological polar surface area (TPSA) is 29.5 Å². The highest BCUT2D eigenvalue weighted by Gasteiger charge is 2.44. The molecule has 0 spiro atoms. The Hall–Kier alpha value is -0.410. The van der Waals surface area contributed by atoms with E-state index in [-0.39, 0.29) is 6.10 Å². The number of carbonyl (C=O) groups excluding carboxylic acids is 1. The lowest BCUT2D eigenvalue weighted by molar-refractivity contribution is -0.123. The minimum absolute atomic E-state index is 0.284. The van der Waals surface area contributed by atoms with Crippen LogP contribution >= 0.6 is 0 Å². The number of carbonyl (C=O) groups is 1. The molecule has 2 aliphatic rings. The fourth-order valence-corrected chi connectivity index (χ4v) is 2.46. The number of Topliss-reactive ketones (excluding diaryl/α,β-unsaturated/α-hetero) is 1. The van der Waals surface area contributed by atoms with Crippen molar-refractivity contribution in [2.75, 3.05) is 14.2 Å². The number of ether oxygens (including phenoxy) is 1. The van der Waals surface area contributed by atoms with E-state index in [0.717, 1.165) is 12.8 Å². The van der Waals surface area contributed by atoms with Crippen LogP contribution in [0.15, 0.2) is 0 Å². The van der Waals surface area contributed by atoms with E-state index in [0.29, 0.717) is 24.3 Å². The van der Waals surface area contributed by atoms with Gasteiger partial charge in [-0.05, 0) is 13.5 Å². The Labute approximate surface area is 72.7 Å². The molecule has 0 radical (unpaired) electrons. The SMILES string of the molecule is CO[C@@H]1CC2CC(=O)CC1N2C. The van der Waals surface area contributed by atoms with E-state index < -0.39 is 0 Å². The Morgan fingerprint density at radius 2 is 2.25 bits per heavy atom. The Bertz CT molecular complexity index is 205. The minimum Gasteiger partial charge on any atom is -0.380 e. The van der Waals surface area contributed by atoms with E-state index in [1.165, 1.54) is 0 Å². The highest BCUT2D eigenvalue weighted by atomic mass is 16.5. The summed E-state index contributed by atoms with van der Waals surface area (Å²) in [6.45, 7) is 0. The Morgan fingerprint density at radius 3 is 2.92 bits per heavy atom. The van der Waals surface area contributed by atoms with E-state index >= 15 is 0 Å². The largest absolute Gasteiger partial charge is 0.380 e. The van der Waals surface area contributed by atoms with E-state index in [9.17, 15) is 4.79 Å². The molecule has 2 fully saturated rings. The van der Waals surface area contributed by atoms with Crippen LogP contribution in [0, 0.1) is 0 Å². The van der Waals surface area contributed by atoms with Gasteiger partial charge < -0.3 is 4.74 Å². The van der Waals surface area contributed by atoms with Gasteiger partial charge in [-0.25, -0.2) is 0 Å². The summed E-state index contributed by atoms with van der Waals surface area (Å²) in [6.07, 6.45) is 2.73. The number of nitrogens with zero attached hydrogens (tertiary/aromatic N) is 1. The average Bonchev–Trinajstić information content (AvgIpc) is 2.27. The molecular formula is C9H15NO2. The number of rotatable bonds is 1. The first kappa shape index (κ1) is 8.20. The van der Waals surface area contributed by atoms with Gasteiger partial charge in [-0.1, -0.05) is 0 Å². The van der Waals surface area contributed by atoms with E-state index in [1.807, 2.05) is 0 Å². The Morgan fingerprint density at radius 1 is 1.50 bits per heavy atom. The van der Waals surface area contributed by atoms with Gasteiger partial charge in [0.1, 0.15) is 5.78 Å². The van der Waals surface area contributed by atoms with E-state index in [1.54, 1.807) is 7.11 Å². The summed E-state index contributed by atoms with van der Waals surface area (Å²) in [6, 6.07) is 0.794. The molecule has 2 rings (SSSR count). The van der Waals surface area contributed by atoms with Crippen LogP contribution in [0.5, 0.6) is 0 Å². The number of hydrogen-bond acceptors (Lipinski definition) is 3. The molecule has 2 unspecified atom stereocenters. The average molecular weight is 169 g/mol. The molecule has 3 nitrogen and oxygen atoms in total. The van der Waals surface area contributed by atoms with Gasteiger partial charge in [0.15, 0.2) is 0 Å². The molecule has 0 aromatic heterocycles. The van der Waals surface area contributed by atoms with Crippen LogP contribution in [-0.2, 0) is 9.53 Å². The van der Waals surface area contributed by atoms with Gasteiger partial charge in [-0.15, -0.1) is 0 Å². The predicted octanol–water partition coefficient (Wildman–Crippen LogP) is 0.437. The smallest absolute Gasteiger partial charge is 0.136 e. The molecule has 0 aliphatic carbocycles. The van der Waals surface area contributed by atoms with Crippen molar-refractivity contribution in [3.05, 3.63) is 0 Å². The third-order valence-electron chi connectivity index (χ3n) is 3.24. The lowest BCUT2D eigenvalue weighted by atomic mass is 10.0. The van der Waals surface area contributed by atoms with Gasteiger partial charge in [0.25, 0.3) is 0 Å². The van der Waals surface area contributed by atoms with Gasteiger partial charge in [0.05, 0.1) is 6.10 Å². The highest BCUT2D eigenvalue weighted by molar-refractivity contribution is 5.81. The maximum atomic E-state index is 11.2. The number of fused-ring (bicyclic) bond motifs is 2. The van der Waals surface area contributed by atoms with Crippen molar-refractivity contribution < 1.29 is 9.53 Å². The first-order valence-corrected chi connectivity index (χ1v) is 4.49. The molecule has 0 N–H and O–H groups in total. The number of piperidine rings is 1. The van der Waals surface area contributed by atoms with Crippen molar-refractivity contribution in [3.63, 3.8) is 0 Å². The fraction of sp³-hybridized carbons (Fsp3) is 0.889. The van der Waals surface area contributed by atoms with Crippen LogP contribution in [0.1, 0.15) is 19.3 Å². The number of hydrogen-bond donors (Lipinski definition) is 0. The standard InChI is InChI=1S/C9H15NO2/c1-10-6-3-7(11)5-8(10)9(4-6)12-2/h6,8-9H,3-5H2,1-2H3/t6?,8?,9-/m1/s1. The summed E-state index contributed by atoms with van der Waals surface area (Å²) in [5.41, 5.74) is 0. The maximum absolute atomic E-state index is 11.2. The Balaban J connectivity index is 2.16. The normalized spacial score (nSPS) is 42.2. The quantitative estimate of drug-likeness (QED) is 0.570. The highest BCUT2D eigenvalue weighted by Crippen LogP contribution is 2.33. The van der Waals surface area contributed by atoms with Crippen molar-refractivity contribution in [3.8, 4) is 0 Å². The van der Waals surface area contributed by atoms with Crippen LogP contribution in [0.25, 0.3) is 0 Å². The summed E-state index contributed by atoms with van der Waals surface area (Å²) in [5, 5.41) is 0. The van der Waals surface area contributed by atoms with Crippen molar-refractivity contribution in [1.29, 1.82) is 0 Å². The molecule has 0 aromatic carbocycles. The van der Waals surface area contributed by atoms with Crippen molar-refractivity contribution in [1.82, 2.24) is 4.90 Å². The summed E-state index contributed by atoms with van der Waals surface area (Å²) >= 11 is 0. The molecular weight excluding hydrogens is 154 g/mol. The first-order valence-electron chi connectivity index (χ1n) is 4.49. The van der Waals surface area contributed by atoms with Gasteiger partial charge in [0, 0.05) is 32.0 Å². The second-order valence-corrected chi connectivity index (χ2v) is 3.84. The van der Waals surface area contributed by atoms with Crippen molar-refractivity contribution in [2.24, 2.45) is 0 Å². The number of likely N-dealkylation sites (N-methyl/N-ethyl adjacent to an activating group) is 1. The molecule has 2 saturated heterocycles. The van der Waals surface area contributed by atoms with Crippen LogP contribution in [0.4, 0.5) is 0 Å². The summed E-state index contributed by atoms with van der Waals surface area (Å²) < 4.78 is 5.35. The van der Waals surface area contributed by atoms with Crippen LogP contribution in [-0.4, -0.2) is 43.0 Å².